The van der Waals surface area contributed by atoms with Crippen LogP contribution in [0.1, 0.15) is 31.2 Å². The lowest BCUT2D eigenvalue weighted by Crippen LogP contribution is -2.45. The van der Waals surface area contributed by atoms with Gasteiger partial charge in [0.1, 0.15) is 0 Å². The van der Waals surface area contributed by atoms with Crippen molar-refractivity contribution in [2.45, 2.75) is 38.3 Å². The topological polar surface area (TPSA) is 32.3 Å². The first-order chi connectivity index (χ1) is 9.22. The molecule has 0 radical (unpaired) electrons. The number of piperidine rings is 1. The Morgan fingerprint density at radius 1 is 1.37 bits per heavy atom. The van der Waals surface area contributed by atoms with Gasteiger partial charge in [-0.3, -0.25) is 4.79 Å². The molecular weight excluding hydrogens is 324 g/mol. The maximum atomic E-state index is 12.0. The second kappa shape index (κ2) is 5.94. The molecule has 5 heteroatoms. The molecule has 0 spiro atoms. The number of nitrogens with zero attached hydrogens (tertiary/aromatic N) is 1. The number of carbonyl (C=O) groups is 1. The number of carbonyl (C=O) groups excluding carboxylic acids is 1. The van der Waals surface area contributed by atoms with E-state index in [1.165, 1.54) is 9.35 Å². The Hall–Kier alpha value is -0.390. The molecule has 2 fully saturated rings. The Labute approximate surface area is 126 Å². The maximum absolute atomic E-state index is 12.0. The summed E-state index contributed by atoms with van der Waals surface area (Å²) in [5, 5.41) is 5.79. The number of thiophene rings is 1. The SMILES string of the molecule is O=C(C1CC1)N1CCC(NCc2csc(Br)c2)CC1. The van der Waals surface area contributed by atoms with Crippen LogP contribution in [0.2, 0.25) is 0 Å². The van der Waals surface area contributed by atoms with Gasteiger partial charge in [0.15, 0.2) is 0 Å². The molecule has 1 N–H and O–H groups in total. The zero-order valence-electron chi connectivity index (χ0n) is 10.9. The largest absolute Gasteiger partial charge is 0.342 e. The first kappa shape index (κ1) is 13.6. The fourth-order valence-electron chi connectivity index (χ4n) is 2.59. The van der Waals surface area contributed by atoms with Gasteiger partial charge in [-0.05, 0) is 58.6 Å². The van der Waals surface area contributed by atoms with Crippen molar-refractivity contribution in [1.29, 1.82) is 0 Å². The zero-order chi connectivity index (χ0) is 13.2. The van der Waals surface area contributed by atoms with Crippen LogP contribution in [0.5, 0.6) is 0 Å². The Morgan fingerprint density at radius 3 is 2.68 bits per heavy atom. The minimum atomic E-state index is 0.368. The standard InChI is InChI=1S/C14H19BrN2OS/c15-13-7-10(9-19-13)8-16-12-3-5-17(6-4-12)14(18)11-1-2-11/h7,9,11-12,16H,1-6,8H2. The van der Waals surface area contributed by atoms with E-state index in [0.29, 0.717) is 17.9 Å². The molecular formula is C14H19BrN2OS. The molecule has 1 aliphatic carbocycles. The predicted octanol–water partition coefficient (Wildman–Crippen LogP) is 3.00. The lowest BCUT2D eigenvalue weighted by Gasteiger charge is -2.32. The fourth-order valence-corrected chi connectivity index (χ4v) is 3.80. The van der Waals surface area contributed by atoms with Gasteiger partial charge in [-0.15, -0.1) is 11.3 Å². The molecule has 0 unspecified atom stereocenters. The smallest absolute Gasteiger partial charge is 0.225 e. The van der Waals surface area contributed by atoms with Crippen LogP contribution in [-0.4, -0.2) is 29.9 Å². The number of hydrogen-bond donors (Lipinski definition) is 1. The maximum Gasteiger partial charge on any atom is 0.225 e. The van der Waals surface area contributed by atoms with Crippen LogP contribution in [0.3, 0.4) is 0 Å². The number of nitrogens with one attached hydrogen (secondary N) is 1. The number of hydrogen-bond acceptors (Lipinski definition) is 3. The van der Waals surface area contributed by atoms with E-state index in [0.717, 1.165) is 45.3 Å². The highest BCUT2D eigenvalue weighted by atomic mass is 79.9. The third-order valence-corrected chi connectivity index (χ3v) is 5.50. The van der Waals surface area contributed by atoms with Crippen molar-refractivity contribution < 1.29 is 4.79 Å². The van der Waals surface area contributed by atoms with Crippen molar-refractivity contribution in [3.8, 4) is 0 Å². The van der Waals surface area contributed by atoms with Crippen molar-refractivity contribution in [2.75, 3.05) is 13.1 Å². The minimum Gasteiger partial charge on any atom is -0.342 e. The monoisotopic (exact) mass is 342 g/mol. The lowest BCUT2D eigenvalue weighted by atomic mass is 10.0. The molecule has 3 rings (SSSR count). The number of amides is 1. The molecule has 104 valence electrons. The summed E-state index contributed by atoms with van der Waals surface area (Å²) in [5.74, 6) is 0.771. The summed E-state index contributed by atoms with van der Waals surface area (Å²) in [6.45, 7) is 2.80. The average molecular weight is 343 g/mol. The van der Waals surface area contributed by atoms with Crippen molar-refractivity contribution >= 4 is 33.2 Å². The second-order valence-corrected chi connectivity index (χ2v) is 7.80. The summed E-state index contributed by atoms with van der Waals surface area (Å²) in [6, 6.07) is 2.73. The summed E-state index contributed by atoms with van der Waals surface area (Å²) in [5.41, 5.74) is 1.34. The molecule has 1 aliphatic heterocycles. The molecule has 1 aromatic heterocycles. The van der Waals surface area contributed by atoms with Gasteiger partial charge in [-0.25, -0.2) is 0 Å². The lowest BCUT2D eigenvalue weighted by molar-refractivity contribution is -0.133. The van der Waals surface area contributed by atoms with E-state index in [4.69, 9.17) is 0 Å². The van der Waals surface area contributed by atoms with Gasteiger partial charge in [0.25, 0.3) is 0 Å². The average Bonchev–Trinajstić information content (AvgIpc) is 3.19. The molecule has 19 heavy (non-hydrogen) atoms. The Kier molecular flexibility index (Phi) is 4.24. The van der Waals surface area contributed by atoms with Crippen LogP contribution in [0.4, 0.5) is 0 Å². The van der Waals surface area contributed by atoms with Crippen LogP contribution in [-0.2, 0) is 11.3 Å². The van der Waals surface area contributed by atoms with E-state index in [1.807, 2.05) is 0 Å². The van der Waals surface area contributed by atoms with Gasteiger partial charge >= 0.3 is 0 Å². The number of halogens is 1. The number of likely N-dealkylation sites (tertiary alicyclic amines) is 1. The van der Waals surface area contributed by atoms with E-state index in [1.54, 1.807) is 11.3 Å². The number of rotatable bonds is 4. The van der Waals surface area contributed by atoms with Gasteiger partial charge in [0.2, 0.25) is 5.91 Å². The quantitative estimate of drug-likeness (QED) is 0.912. The summed E-state index contributed by atoms with van der Waals surface area (Å²) < 4.78 is 1.19. The first-order valence-corrected chi connectivity index (χ1v) is 8.65. The Balaban J connectivity index is 1.41. The summed E-state index contributed by atoms with van der Waals surface area (Å²) >= 11 is 5.22. The van der Waals surface area contributed by atoms with E-state index in [9.17, 15) is 4.79 Å². The highest BCUT2D eigenvalue weighted by molar-refractivity contribution is 9.11. The van der Waals surface area contributed by atoms with Crippen LogP contribution in [0.25, 0.3) is 0 Å². The summed E-state index contributed by atoms with van der Waals surface area (Å²) in [4.78, 5) is 14.0. The summed E-state index contributed by atoms with van der Waals surface area (Å²) in [7, 11) is 0. The first-order valence-electron chi connectivity index (χ1n) is 6.97. The molecule has 3 nitrogen and oxygen atoms in total. The van der Waals surface area contributed by atoms with E-state index < -0.39 is 0 Å². The highest BCUT2D eigenvalue weighted by Crippen LogP contribution is 2.31. The van der Waals surface area contributed by atoms with Gasteiger partial charge in [-0.2, -0.15) is 0 Å². The highest BCUT2D eigenvalue weighted by Gasteiger charge is 2.34. The van der Waals surface area contributed by atoms with Crippen molar-refractivity contribution in [3.63, 3.8) is 0 Å². The van der Waals surface area contributed by atoms with Crippen LogP contribution < -0.4 is 5.32 Å². The van der Waals surface area contributed by atoms with E-state index in [-0.39, 0.29) is 0 Å². The van der Waals surface area contributed by atoms with Gasteiger partial charge in [0.05, 0.1) is 3.79 Å². The Morgan fingerprint density at radius 2 is 2.11 bits per heavy atom. The molecule has 1 saturated carbocycles. The predicted molar refractivity (Wildman–Crippen MR) is 81.2 cm³/mol. The fraction of sp³-hybridized carbons (Fsp3) is 0.643. The van der Waals surface area contributed by atoms with Gasteiger partial charge < -0.3 is 10.2 Å². The Bertz CT molecular complexity index is 450. The molecule has 0 bridgehead atoms. The van der Waals surface area contributed by atoms with Gasteiger partial charge in [0, 0.05) is 31.6 Å². The van der Waals surface area contributed by atoms with E-state index in [2.05, 4.69) is 37.6 Å². The second-order valence-electron chi connectivity index (χ2n) is 5.51. The van der Waals surface area contributed by atoms with Crippen molar-refractivity contribution in [1.82, 2.24) is 10.2 Å². The molecule has 0 atom stereocenters. The van der Waals surface area contributed by atoms with Gasteiger partial charge in [-0.1, -0.05) is 0 Å². The van der Waals surface area contributed by atoms with Crippen LogP contribution >= 0.6 is 27.3 Å². The molecule has 1 amide bonds. The minimum absolute atomic E-state index is 0.368. The van der Waals surface area contributed by atoms with Crippen LogP contribution in [0, 0.1) is 5.92 Å². The summed E-state index contributed by atoms with van der Waals surface area (Å²) in [6.07, 6.45) is 4.40. The normalized spacial score (nSPS) is 20.8. The van der Waals surface area contributed by atoms with Crippen LogP contribution in [0.15, 0.2) is 15.2 Å². The molecule has 2 heterocycles. The molecule has 0 aromatic carbocycles. The van der Waals surface area contributed by atoms with Crippen molar-refractivity contribution in [2.24, 2.45) is 5.92 Å². The van der Waals surface area contributed by atoms with E-state index >= 15 is 0 Å². The molecule has 1 aromatic rings. The van der Waals surface area contributed by atoms with Crippen molar-refractivity contribution in [3.05, 3.63) is 20.8 Å². The zero-order valence-corrected chi connectivity index (χ0v) is 13.3. The third kappa shape index (κ3) is 3.58. The molecule has 1 saturated heterocycles. The molecule has 2 aliphatic rings. The third-order valence-electron chi connectivity index (χ3n) is 3.95.